The van der Waals surface area contributed by atoms with E-state index in [0.29, 0.717) is 6.04 Å². The van der Waals surface area contributed by atoms with Crippen molar-refractivity contribution >= 4 is 11.5 Å². The van der Waals surface area contributed by atoms with Gasteiger partial charge in [-0.3, -0.25) is 4.40 Å². The molecule has 1 N–H and O–H groups in total. The topological polar surface area (TPSA) is 32.6 Å². The number of pyridine rings is 1. The van der Waals surface area contributed by atoms with Crippen LogP contribution >= 0.6 is 0 Å². The number of hydrogen-bond acceptors (Lipinski definition) is 3. The third-order valence-corrected chi connectivity index (χ3v) is 4.06. The van der Waals surface area contributed by atoms with Crippen molar-refractivity contribution in [3.05, 3.63) is 30.6 Å². The van der Waals surface area contributed by atoms with Crippen LogP contribution in [0.4, 0.5) is 5.82 Å². The predicted octanol–water partition coefficient (Wildman–Crippen LogP) is 2.30. The maximum Gasteiger partial charge on any atom is 0.138 e. The molecule has 0 aromatic carbocycles. The van der Waals surface area contributed by atoms with E-state index in [0.717, 1.165) is 18.7 Å². The zero-order valence-electron chi connectivity index (χ0n) is 11.5. The molecule has 102 valence electrons. The Balaban J connectivity index is 1.91. The zero-order chi connectivity index (χ0) is 13.1. The van der Waals surface area contributed by atoms with Gasteiger partial charge in [0.25, 0.3) is 0 Å². The fourth-order valence-electron chi connectivity index (χ4n) is 3.08. The van der Waals surface area contributed by atoms with Gasteiger partial charge in [0, 0.05) is 25.0 Å². The summed E-state index contributed by atoms with van der Waals surface area (Å²) in [7, 11) is 2.03. The van der Waals surface area contributed by atoms with Gasteiger partial charge in [-0.15, -0.1) is 0 Å². The molecule has 1 atom stereocenters. The quantitative estimate of drug-likeness (QED) is 0.913. The number of piperidine rings is 1. The number of hydrogen-bond donors (Lipinski definition) is 1. The first-order chi connectivity index (χ1) is 9.40. The number of fused-ring (bicyclic) bond motifs is 1. The van der Waals surface area contributed by atoms with Crippen molar-refractivity contribution in [3.8, 4) is 0 Å². The highest BCUT2D eigenvalue weighted by molar-refractivity contribution is 5.52. The Hall–Kier alpha value is -1.55. The Morgan fingerprint density at radius 2 is 2.32 bits per heavy atom. The summed E-state index contributed by atoms with van der Waals surface area (Å²) in [4.78, 5) is 6.95. The molecule has 2 aromatic rings. The molecule has 0 aliphatic carbocycles. The van der Waals surface area contributed by atoms with Crippen molar-refractivity contribution in [2.24, 2.45) is 0 Å². The van der Waals surface area contributed by atoms with E-state index in [-0.39, 0.29) is 0 Å². The minimum Gasteiger partial charge on any atom is -0.355 e. The first-order valence-corrected chi connectivity index (χ1v) is 7.23. The largest absolute Gasteiger partial charge is 0.355 e. The van der Waals surface area contributed by atoms with E-state index >= 15 is 0 Å². The lowest BCUT2D eigenvalue weighted by molar-refractivity contribution is 0.429. The van der Waals surface area contributed by atoms with Crippen molar-refractivity contribution < 1.29 is 0 Å². The molecule has 1 saturated heterocycles. The lowest BCUT2D eigenvalue weighted by atomic mass is 9.99. The van der Waals surface area contributed by atoms with Crippen molar-refractivity contribution in [1.29, 1.82) is 0 Å². The Kier molecular flexibility index (Phi) is 3.69. The maximum absolute atomic E-state index is 4.39. The molecule has 0 amide bonds. The molecular formula is C15H22N4. The average Bonchev–Trinajstić information content (AvgIpc) is 2.94. The van der Waals surface area contributed by atoms with E-state index in [1.54, 1.807) is 0 Å². The highest BCUT2D eigenvalue weighted by Crippen LogP contribution is 2.26. The second kappa shape index (κ2) is 5.61. The van der Waals surface area contributed by atoms with Crippen LogP contribution in [0.25, 0.3) is 5.65 Å². The monoisotopic (exact) mass is 258 g/mol. The van der Waals surface area contributed by atoms with Crippen LogP contribution in [0.5, 0.6) is 0 Å². The van der Waals surface area contributed by atoms with Gasteiger partial charge in [0.05, 0.1) is 0 Å². The van der Waals surface area contributed by atoms with Gasteiger partial charge in [0.2, 0.25) is 0 Å². The number of aromatic nitrogens is 2. The van der Waals surface area contributed by atoms with Crippen LogP contribution in [0, 0.1) is 0 Å². The molecular weight excluding hydrogens is 236 g/mol. The molecule has 0 saturated carbocycles. The standard InChI is InChI=1S/C15H22N4/c1-16-9-8-13-5-2-3-11-18(13)15-7-4-6-14-17-10-12-19(14)15/h4,6-7,10,12-13,16H,2-3,5,8-9,11H2,1H3. The number of anilines is 1. The third kappa shape index (κ3) is 2.45. The normalized spacial score (nSPS) is 20.1. The molecule has 0 bridgehead atoms. The van der Waals surface area contributed by atoms with Crippen molar-refractivity contribution in [3.63, 3.8) is 0 Å². The van der Waals surface area contributed by atoms with E-state index in [1.807, 2.05) is 13.2 Å². The molecule has 1 aliphatic heterocycles. The average molecular weight is 258 g/mol. The van der Waals surface area contributed by atoms with E-state index in [4.69, 9.17) is 0 Å². The maximum atomic E-state index is 4.39. The van der Waals surface area contributed by atoms with Gasteiger partial charge in [0.15, 0.2) is 0 Å². The van der Waals surface area contributed by atoms with Crippen LogP contribution in [-0.4, -0.2) is 35.6 Å². The van der Waals surface area contributed by atoms with Crippen molar-refractivity contribution in [2.45, 2.75) is 31.7 Å². The van der Waals surface area contributed by atoms with E-state index in [1.165, 1.54) is 31.5 Å². The summed E-state index contributed by atoms with van der Waals surface area (Å²) in [5.74, 6) is 1.29. The minimum absolute atomic E-state index is 0.647. The zero-order valence-corrected chi connectivity index (χ0v) is 11.5. The summed E-state index contributed by atoms with van der Waals surface area (Å²) in [6.45, 7) is 2.24. The van der Waals surface area contributed by atoms with Gasteiger partial charge in [-0.1, -0.05) is 6.07 Å². The first kappa shape index (κ1) is 12.5. The summed E-state index contributed by atoms with van der Waals surface area (Å²) >= 11 is 0. The molecule has 3 heterocycles. The van der Waals surface area contributed by atoms with Gasteiger partial charge >= 0.3 is 0 Å². The lowest BCUT2D eigenvalue weighted by Crippen LogP contribution is -2.41. The van der Waals surface area contributed by atoms with Gasteiger partial charge in [0.1, 0.15) is 11.5 Å². The molecule has 4 heteroatoms. The number of rotatable bonds is 4. The van der Waals surface area contributed by atoms with Crippen LogP contribution in [-0.2, 0) is 0 Å². The second-order valence-corrected chi connectivity index (χ2v) is 5.27. The highest BCUT2D eigenvalue weighted by Gasteiger charge is 2.23. The SMILES string of the molecule is CNCCC1CCCCN1c1cccc2nccn12. The van der Waals surface area contributed by atoms with Gasteiger partial charge in [-0.2, -0.15) is 0 Å². The first-order valence-electron chi connectivity index (χ1n) is 7.23. The fourth-order valence-corrected chi connectivity index (χ4v) is 3.08. The van der Waals surface area contributed by atoms with Crippen LogP contribution < -0.4 is 10.2 Å². The van der Waals surface area contributed by atoms with Gasteiger partial charge in [-0.25, -0.2) is 4.98 Å². The summed E-state index contributed by atoms with van der Waals surface area (Å²) in [5, 5.41) is 3.27. The lowest BCUT2D eigenvalue weighted by Gasteiger charge is -2.37. The van der Waals surface area contributed by atoms with Crippen LogP contribution in [0.2, 0.25) is 0 Å². The molecule has 0 radical (unpaired) electrons. The second-order valence-electron chi connectivity index (χ2n) is 5.27. The van der Waals surface area contributed by atoms with Crippen LogP contribution in [0.1, 0.15) is 25.7 Å². The summed E-state index contributed by atoms with van der Waals surface area (Å²) in [6, 6.07) is 7.04. The number of nitrogens with one attached hydrogen (secondary N) is 1. The molecule has 19 heavy (non-hydrogen) atoms. The van der Waals surface area contributed by atoms with Crippen LogP contribution in [0.15, 0.2) is 30.6 Å². The minimum atomic E-state index is 0.647. The molecule has 0 spiro atoms. The molecule has 1 fully saturated rings. The van der Waals surface area contributed by atoms with Gasteiger partial charge in [-0.05, 0) is 51.4 Å². The highest BCUT2D eigenvalue weighted by atomic mass is 15.3. The van der Waals surface area contributed by atoms with E-state index in [9.17, 15) is 0 Å². The Morgan fingerprint density at radius 1 is 1.37 bits per heavy atom. The molecule has 1 unspecified atom stereocenters. The molecule has 2 aromatic heterocycles. The summed E-state index contributed by atoms with van der Waals surface area (Å²) in [5.41, 5.74) is 1.04. The Morgan fingerprint density at radius 3 is 3.21 bits per heavy atom. The number of imidazole rings is 1. The fraction of sp³-hybridized carbons (Fsp3) is 0.533. The summed E-state index contributed by atoms with van der Waals surface area (Å²) < 4.78 is 2.21. The van der Waals surface area contributed by atoms with Gasteiger partial charge < -0.3 is 10.2 Å². The van der Waals surface area contributed by atoms with Crippen molar-refractivity contribution in [1.82, 2.24) is 14.7 Å². The smallest absolute Gasteiger partial charge is 0.138 e. The van der Waals surface area contributed by atoms with E-state index < -0.39 is 0 Å². The summed E-state index contributed by atoms with van der Waals surface area (Å²) in [6.07, 6.45) is 9.10. The predicted molar refractivity (Wildman–Crippen MR) is 78.7 cm³/mol. The van der Waals surface area contributed by atoms with Crippen LogP contribution in [0.3, 0.4) is 0 Å². The van der Waals surface area contributed by atoms with E-state index in [2.05, 4.69) is 44.0 Å². The third-order valence-electron chi connectivity index (χ3n) is 4.06. The van der Waals surface area contributed by atoms with Crippen molar-refractivity contribution in [2.75, 3.05) is 25.0 Å². The molecule has 3 rings (SSSR count). The Labute approximate surface area is 114 Å². The number of nitrogens with zero attached hydrogens (tertiary/aromatic N) is 3. The molecule has 4 nitrogen and oxygen atoms in total. The Bertz CT molecular complexity index is 534. The molecule has 1 aliphatic rings.